The number of carbonyl (C=O) groups is 1. The Bertz CT molecular complexity index is 1130. The van der Waals surface area contributed by atoms with Gasteiger partial charge in [0.25, 0.3) is 11.3 Å². The molecule has 152 valence electrons. The molecule has 29 heavy (non-hydrogen) atoms. The number of amides is 1. The summed E-state index contributed by atoms with van der Waals surface area (Å²) in [5, 5.41) is 3.95. The Morgan fingerprint density at radius 1 is 1.31 bits per heavy atom. The zero-order valence-electron chi connectivity index (χ0n) is 15.4. The number of aryl methyl sites for hydroxylation is 2. The first-order chi connectivity index (χ1) is 13.9. The van der Waals surface area contributed by atoms with Crippen LogP contribution in [0.1, 0.15) is 16.9 Å². The predicted octanol–water partition coefficient (Wildman–Crippen LogP) is 4.53. The number of rotatable bonds is 6. The van der Waals surface area contributed by atoms with E-state index in [9.17, 15) is 18.4 Å². The van der Waals surface area contributed by atoms with Crippen LogP contribution in [0.4, 0.5) is 14.5 Å². The first kappa shape index (κ1) is 20.4. The van der Waals surface area contributed by atoms with Gasteiger partial charge in [-0.15, -0.1) is 11.3 Å². The van der Waals surface area contributed by atoms with Crippen LogP contribution in [-0.4, -0.2) is 27.0 Å². The van der Waals surface area contributed by atoms with Gasteiger partial charge in [-0.3, -0.25) is 14.2 Å². The van der Waals surface area contributed by atoms with E-state index in [0.29, 0.717) is 27.5 Å². The number of carbonyl (C=O) groups excluding carboxylic acids is 1. The van der Waals surface area contributed by atoms with E-state index in [0.717, 1.165) is 35.0 Å². The third-order valence-corrected chi connectivity index (χ3v) is 7.54. The monoisotopic (exact) mass is 453 g/mol. The number of halogens is 2. The summed E-state index contributed by atoms with van der Waals surface area (Å²) in [6.45, 7) is 0. The largest absolute Gasteiger partial charge is 0.325 e. The van der Waals surface area contributed by atoms with Crippen LogP contribution in [0.5, 0.6) is 0 Å². The Balaban J connectivity index is 1.43. The normalized spacial score (nSPS) is 13.2. The number of nitrogens with one attached hydrogen (secondary N) is 1. The van der Waals surface area contributed by atoms with Crippen molar-refractivity contribution in [3.8, 4) is 0 Å². The van der Waals surface area contributed by atoms with Crippen LogP contribution < -0.4 is 10.9 Å². The van der Waals surface area contributed by atoms with E-state index in [2.05, 4.69) is 10.3 Å². The minimum absolute atomic E-state index is 0.0653. The van der Waals surface area contributed by atoms with Crippen molar-refractivity contribution >= 4 is 56.7 Å². The highest BCUT2D eigenvalue weighted by Gasteiger charge is 2.22. The molecular formula is C19H17F2N3O2S3. The van der Waals surface area contributed by atoms with Crippen molar-refractivity contribution in [3.05, 3.63) is 45.1 Å². The smallest absolute Gasteiger partial charge is 0.288 e. The van der Waals surface area contributed by atoms with Gasteiger partial charge < -0.3 is 5.32 Å². The molecule has 1 amide bonds. The van der Waals surface area contributed by atoms with Gasteiger partial charge in [0.2, 0.25) is 5.91 Å². The number of aromatic nitrogens is 2. The molecule has 0 aliphatic heterocycles. The average molecular weight is 454 g/mol. The zero-order valence-corrected chi connectivity index (χ0v) is 17.9. The lowest BCUT2D eigenvalue weighted by Crippen LogP contribution is -2.21. The minimum Gasteiger partial charge on any atom is -0.325 e. The van der Waals surface area contributed by atoms with Gasteiger partial charge in [-0.2, -0.15) is 8.78 Å². The fraction of sp³-hybridized carbons (Fsp3) is 0.316. The summed E-state index contributed by atoms with van der Waals surface area (Å²) in [6, 6.07) is 6.24. The molecule has 4 rings (SSSR count). The van der Waals surface area contributed by atoms with Crippen molar-refractivity contribution in [1.29, 1.82) is 0 Å². The van der Waals surface area contributed by atoms with Crippen molar-refractivity contribution in [2.75, 3.05) is 11.1 Å². The molecule has 3 aromatic rings. The molecule has 0 spiro atoms. The quantitative estimate of drug-likeness (QED) is 0.439. The Hall–Kier alpha value is -1.91. The number of anilines is 1. The molecule has 2 aromatic heterocycles. The van der Waals surface area contributed by atoms with Crippen LogP contribution >= 0.6 is 34.9 Å². The highest BCUT2D eigenvalue weighted by molar-refractivity contribution is 8.00. The fourth-order valence-electron chi connectivity index (χ4n) is 3.28. The molecule has 0 saturated carbocycles. The number of thiophene rings is 1. The molecule has 0 radical (unpaired) electrons. The maximum absolute atomic E-state index is 12.8. The third kappa shape index (κ3) is 4.34. The van der Waals surface area contributed by atoms with Crippen molar-refractivity contribution < 1.29 is 13.6 Å². The van der Waals surface area contributed by atoms with Gasteiger partial charge in [-0.25, -0.2) is 4.98 Å². The summed E-state index contributed by atoms with van der Waals surface area (Å²) in [6.07, 6.45) is 3.01. The maximum Gasteiger partial charge on any atom is 0.288 e. The van der Waals surface area contributed by atoms with Gasteiger partial charge in [0.05, 0.1) is 11.1 Å². The van der Waals surface area contributed by atoms with Crippen molar-refractivity contribution in [3.63, 3.8) is 0 Å². The van der Waals surface area contributed by atoms with Gasteiger partial charge in [0.1, 0.15) is 4.83 Å². The van der Waals surface area contributed by atoms with Gasteiger partial charge in [-0.05, 0) is 49.1 Å². The van der Waals surface area contributed by atoms with E-state index in [-0.39, 0.29) is 17.2 Å². The van der Waals surface area contributed by atoms with E-state index in [1.165, 1.54) is 33.3 Å². The zero-order chi connectivity index (χ0) is 20.5. The molecule has 0 saturated heterocycles. The van der Waals surface area contributed by atoms with Crippen molar-refractivity contribution in [1.82, 2.24) is 9.55 Å². The minimum atomic E-state index is -2.48. The number of nitrogens with zero attached hydrogens (tertiary/aromatic N) is 2. The number of fused-ring (bicyclic) bond motifs is 3. The summed E-state index contributed by atoms with van der Waals surface area (Å²) in [5.74, 6) is -2.65. The number of hydrogen-bond acceptors (Lipinski definition) is 6. The lowest BCUT2D eigenvalue weighted by molar-refractivity contribution is -0.113. The van der Waals surface area contributed by atoms with Crippen LogP contribution in [0.2, 0.25) is 0 Å². The number of hydrogen-bond donors (Lipinski definition) is 1. The molecule has 0 atom stereocenters. The van der Waals surface area contributed by atoms with E-state index in [1.807, 2.05) is 0 Å². The molecular weight excluding hydrogens is 436 g/mol. The molecule has 0 fully saturated rings. The summed E-state index contributed by atoms with van der Waals surface area (Å²) < 4.78 is 26.2. The van der Waals surface area contributed by atoms with Gasteiger partial charge in [0, 0.05) is 22.5 Å². The second-order valence-electron chi connectivity index (χ2n) is 6.54. The van der Waals surface area contributed by atoms with Crippen LogP contribution in [0.3, 0.4) is 0 Å². The Morgan fingerprint density at radius 2 is 2.07 bits per heavy atom. The van der Waals surface area contributed by atoms with Crippen LogP contribution in [0, 0.1) is 0 Å². The summed E-state index contributed by atoms with van der Waals surface area (Å²) in [4.78, 5) is 32.1. The topological polar surface area (TPSA) is 64.0 Å². The summed E-state index contributed by atoms with van der Waals surface area (Å²) >= 11 is 3.23. The number of alkyl halides is 2. The average Bonchev–Trinajstić information content (AvgIpc) is 3.25. The van der Waals surface area contributed by atoms with E-state index >= 15 is 0 Å². The first-order valence-electron chi connectivity index (χ1n) is 8.91. The molecule has 0 unspecified atom stereocenters. The van der Waals surface area contributed by atoms with Gasteiger partial charge >= 0.3 is 0 Å². The fourth-order valence-corrected chi connectivity index (χ4v) is 5.85. The molecule has 1 aliphatic carbocycles. The lowest BCUT2D eigenvalue weighted by Gasteiger charge is -2.09. The molecule has 2 heterocycles. The first-order valence-corrected chi connectivity index (χ1v) is 11.6. The molecule has 5 nitrogen and oxygen atoms in total. The third-order valence-electron chi connectivity index (χ3n) is 4.60. The highest BCUT2D eigenvalue weighted by Crippen LogP contribution is 2.35. The van der Waals surface area contributed by atoms with Crippen LogP contribution in [0.15, 0.2) is 39.1 Å². The Kier molecular flexibility index (Phi) is 5.93. The van der Waals surface area contributed by atoms with Gasteiger partial charge in [0.15, 0.2) is 5.16 Å². The van der Waals surface area contributed by atoms with E-state index in [1.54, 1.807) is 30.5 Å². The molecule has 10 heteroatoms. The summed E-state index contributed by atoms with van der Waals surface area (Å²) in [5.41, 5.74) is 1.60. The SMILES string of the molecule is Cn1c(SCC(=O)Nc2ccc(SC(F)F)cc2)nc2sc3c(c2c1=O)CCC3. The lowest BCUT2D eigenvalue weighted by atomic mass is 10.2. The van der Waals surface area contributed by atoms with E-state index in [4.69, 9.17) is 0 Å². The molecule has 1 aromatic carbocycles. The molecule has 1 N–H and O–H groups in total. The second kappa shape index (κ2) is 8.45. The number of thioether (sulfide) groups is 2. The predicted molar refractivity (Wildman–Crippen MR) is 115 cm³/mol. The number of benzene rings is 1. The van der Waals surface area contributed by atoms with E-state index < -0.39 is 5.76 Å². The maximum atomic E-state index is 12.8. The Labute approximate surface area is 177 Å². The molecule has 1 aliphatic rings. The van der Waals surface area contributed by atoms with Crippen LogP contribution in [0.25, 0.3) is 10.2 Å². The highest BCUT2D eigenvalue weighted by atomic mass is 32.2. The van der Waals surface area contributed by atoms with Gasteiger partial charge in [-0.1, -0.05) is 23.5 Å². The standard InChI is InChI=1S/C19H17F2N3O2S3/c1-24-17(26)15-12-3-2-4-13(12)29-16(15)23-19(24)27-9-14(25)22-10-5-7-11(8-6-10)28-18(20)21/h5-8,18H,2-4,9H2,1H3,(H,22,25). The second-order valence-corrected chi connectivity index (χ2v) is 9.63. The van der Waals surface area contributed by atoms with Crippen LogP contribution in [-0.2, 0) is 24.7 Å². The summed E-state index contributed by atoms with van der Waals surface area (Å²) in [7, 11) is 1.67. The van der Waals surface area contributed by atoms with Crippen molar-refractivity contribution in [2.45, 2.75) is 35.1 Å². The van der Waals surface area contributed by atoms with Crippen molar-refractivity contribution in [2.24, 2.45) is 7.05 Å². The molecule has 0 bridgehead atoms. The Morgan fingerprint density at radius 3 is 2.79 bits per heavy atom.